The zero-order chi connectivity index (χ0) is 14.8. The molecule has 0 spiro atoms. The summed E-state index contributed by atoms with van der Waals surface area (Å²) in [6.07, 6.45) is 4.59. The van der Waals surface area contributed by atoms with Crippen molar-refractivity contribution in [1.82, 2.24) is 19.6 Å². The molecule has 0 aromatic carbocycles. The van der Waals surface area contributed by atoms with Gasteiger partial charge >= 0.3 is 0 Å². The maximum Gasteiger partial charge on any atom is 0.137 e. The van der Waals surface area contributed by atoms with Crippen LogP contribution < -0.4 is 5.32 Å². The highest BCUT2D eigenvalue weighted by molar-refractivity contribution is 5.42. The van der Waals surface area contributed by atoms with Crippen molar-refractivity contribution in [1.29, 1.82) is 0 Å². The number of aromatic nitrogens is 2. The van der Waals surface area contributed by atoms with E-state index in [-0.39, 0.29) is 0 Å². The molecule has 0 aliphatic carbocycles. The zero-order valence-corrected chi connectivity index (χ0v) is 13.3. The van der Waals surface area contributed by atoms with Crippen LogP contribution in [0, 0.1) is 6.92 Å². The minimum absolute atomic E-state index is 0.633. The summed E-state index contributed by atoms with van der Waals surface area (Å²) in [4.78, 5) is 7.19. The smallest absolute Gasteiger partial charge is 0.137 e. The molecular formula is C17H26N4. The molecule has 4 nitrogen and oxygen atoms in total. The quantitative estimate of drug-likeness (QED) is 0.938. The Bertz CT molecular complexity index is 594. The number of hydrogen-bond donors (Lipinski definition) is 1. The van der Waals surface area contributed by atoms with E-state index in [2.05, 4.69) is 58.7 Å². The molecule has 4 heteroatoms. The lowest BCUT2D eigenvalue weighted by Crippen LogP contribution is -2.44. The van der Waals surface area contributed by atoms with Crippen molar-refractivity contribution in [3.8, 4) is 0 Å². The Hall–Kier alpha value is -1.39. The number of aryl methyl sites for hydroxylation is 1. The van der Waals surface area contributed by atoms with Crippen LogP contribution in [0.25, 0.3) is 5.65 Å². The number of pyridine rings is 1. The van der Waals surface area contributed by atoms with Gasteiger partial charge in [0.15, 0.2) is 0 Å². The van der Waals surface area contributed by atoms with E-state index in [1.807, 2.05) is 6.07 Å². The number of likely N-dealkylation sites (tertiary alicyclic amines) is 1. The number of nitrogens with zero attached hydrogens (tertiary/aromatic N) is 3. The summed E-state index contributed by atoms with van der Waals surface area (Å²) in [5.74, 6) is 0. The minimum atomic E-state index is 0.633. The van der Waals surface area contributed by atoms with Gasteiger partial charge in [0.05, 0.1) is 11.4 Å². The Labute approximate surface area is 127 Å². The third-order valence-corrected chi connectivity index (χ3v) is 4.65. The average molecular weight is 286 g/mol. The molecule has 1 N–H and O–H groups in total. The Morgan fingerprint density at radius 3 is 2.76 bits per heavy atom. The molecule has 1 fully saturated rings. The van der Waals surface area contributed by atoms with E-state index in [0.29, 0.717) is 12.1 Å². The average Bonchev–Trinajstić information content (AvgIpc) is 2.81. The van der Waals surface area contributed by atoms with Crippen molar-refractivity contribution >= 4 is 5.65 Å². The number of imidazole rings is 1. The summed E-state index contributed by atoms with van der Waals surface area (Å²) < 4.78 is 2.20. The highest BCUT2D eigenvalue weighted by Gasteiger charge is 2.20. The van der Waals surface area contributed by atoms with E-state index in [9.17, 15) is 0 Å². The topological polar surface area (TPSA) is 32.6 Å². The molecule has 3 rings (SSSR count). The summed E-state index contributed by atoms with van der Waals surface area (Å²) in [5.41, 5.74) is 3.46. The zero-order valence-electron chi connectivity index (χ0n) is 13.3. The van der Waals surface area contributed by atoms with Crippen molar-refractivity contribution in [3.63, 3.8) is 0 Å². The van der Waals surface area contributed by atoms with Gasteiger partial charge in [0, 0.05) is 24.8 Å². The molecular weight excluding hydrogens is 260 g/mol. The largest absolute Gasteiger partial charge is 0.308 e. The molecule has 2 aromatic rings. The molecule has 0 atom stereocenters. The third-order valence-electron chi connectivity index (χ3n) is 4.65. The normalized spacial score (nSPS) is 17.9. The fourth-order valence-electron chi connectivity index (χ4n) is 3.24. The number of rotatable bonds is 4. The summed E-state index contributed by atoms with van der Waals surface area (Å²) in [6, 6.07) is 7.48. The molecule has 21 heavy (non-hydrogen) atoms. The lowest BCUT2D eigenvalue weighted by atomic mass is 10.0. The van der Waals surface area contributed by atoms with E-state index in [1.54, 1.807) is 0 Å². The molecule has 2 aromatic heterocycles. The first-order chi connectivity index (χ1) is 10.1. The summed E-state index contributed by atoms with van der Waals surface area (Å²) >= 11 is 0. The van der Waals surface area contributed by atoms with Gasteiger partial charge in [-0.05, 0) is 58.8 Å². The van der Waals surface area contributed by atoms with Crippen LogP contribution in [0.15, 0.2) is 24.4 Å². The molecule has 0 unspecified atom stereocenters. The second-order valence-corrected chi connectivity index (χ2v) is 6.36. The fourth-order valence-corrected chi connectivity index (χ4v) is 3.24. The first-order valence-electron chi connectivity index (χ1n) is 8.05. The molecule has 0 bridgehead atoms. The third kappa shape index (κ3) is 3.11. The van der Waals surface area contributed by atoms with Crippen LogP contribution in [0.3, 0.4) is 0 Å². The van der Waals surface area contributed by atoms with E-state index >= 15 is 0 Å². The van der Waals surface area contributed by atoms with E-state index in [4.69, 9.17) is 0 Å². The monoisotopic (exact) mass is 286 g/mol. The molecule has 1 saturated heterocycles. The number of nitrogens with one attached hydrogen (secondary N) is 1. The lowest BCUT2D eigenvalue weighted by molar-refractivity contribution is 0.160. The van der Waals surface area contributed by atoms with Gasteiger partial charge in [-0.3, -0.25) is 0 Å². The Morgan fingerprint density at radius 2 is 2.05 bits per heavy atom. The van der Waals surface area contributed by atoms with Crippen molar-refractivity contribution in [2.24, 2.45) is 0 Å². The number of hydrogen-bond acceptors (Lipinski definition) is 3. The van der Waals surface area contributed by atoms with Gasteiger partial charge in [0.25, 0.3) is 0 Å². The van der Waals surface area contributed by atoms with Gasteiger partial charge in [-0.15, -0.1) is 0 Å². The Balaban J connectivity index is 1.61. The molecule has 3 heterocycles. The van der Waals surface area contributed by atoms with Crippen LogP contribution in [0.2, 0.25) is 0 Å². The molecule has 114 valence electrons. The van der Waals surface area contributed by atoms with Gasteiger partial charge < -0.3 is 14.6 Å². The highest BCUT2D eigenvalue weighted by Crippen LogP contribution is 2.15. The first-order valence-corrected chi connectivity index (χ1v) is 8.05. The Morgan fingerprint density at radius 1 is 1.29 bits per heavy atom. The second kappa shape index (κ2) is 6.16. The molecule has 0 radical (unpaired) electrons. The minimum Gasteiger partial charge on any atom is -0.308 e. The van der Waals surface area contributed by atoms with Crippen LogP contribution in [0.1, 0.15) is 38.1 Å². The van der Waals surface area contributed by atoms with Crippen molar-refractivity contribution in [3.05, 3.63) is 35.8 Å². The molecule has 1 aliphatic rings. The molecule has 0 saturated carbocycles. The fraction of sp³-hybridized carbons (Fsp3) is 0.588. The van der Waals surface area contributed by atoms with Crippen LogP contribution in [0.4, 0.5) is 0 Å². The van der Waals surface area contributed by atoms with Gasteiger partial charge in [-0.25, -0.2) is 4.98 Å². The lowest BCUT2D eigenvalue weighted by Gasteiger charge is -2.35. The van der Waals surface area contributed by atoms with Crippen LogP contribution >= 0.6 is 0 Å². The van der Waals surface area contributed by atoms with Crippen LogP contribution in [-0.4, -0.2) is 39.5 Å². The maximum absolute atomic E-state index is 4.63. The Kier molecular flexibility index (Phi) is 4.27. The number of fused-ring (bicyclic) bond motifs is 1. The van der Waals surface area contributed by atoms with Gasteiger partial charge in [-0.1, -0.05) is 6.07 Å². The van der Waals surface area contributed by atoms with Gasteiger partial charge in [0.1, 0.15) is 5.65 Å². The highest BCUT2D eigenvalue weighted by atomic mass is 15.2. The van der Waals surface area contributed by atoms with Crippen molar-refractivity contribution in [2.45, 2.75) is 52.2 Å². The van der Waals surface area contributed by atoms with E-state index < -0.39 is 0 Å². The van der Waals surface area contributed by atoms with Crippen molar-refractivity contribution in [2.75, 3.05) is 13.1 Å². The maximum atomic E-state index is 4.63. The van der Waals surface area contributed by atoms with Gasteiger partial charge in [-0.2, -0.15) is 0 Å². The summed E-state index contributed by atoms with van der Waals surface area (Å²) in [6.45, 7) is 10.0. The van der Waals surface area contributed by atoms with E-state index in [1.165, 1.54) is 31.6 Å². The predicted molar refractivity (Wildman–Crippen MR) is 86.5 cm³/mol. The number of piperidine rings is 1. The van der Waals surface area contributed by atoms with E-state index in [0.717, 1.165) is 17.9 Å². The molecule has 1 aliphatic heterocycles. The summed E-state index contributed by atoms with van der Waals surface area (Å²) in [5, 5.41) is 3.73. The van der Waals surface area contributed by atoms with Crippen molar-refractivity contribution < 1.29 is 0 Å². The standard InChI is InChI=1S/C17H26N4/c1-13(2)20-10-7-15(8-11-20)18-12-16-14(3)19-17-6-4-5-9-21(16)17/h4-6,9,13,15,18H,7-8,10-12H2,1-3H3. The van der Waals surface area contributed by atoms with Crippen LogP contribution in [0.5, 0.6) is 0 Å². The second-order valence-electron chi connectivity index (χ2n) is 6.36. The summed E-state index contributed by atoms with van der Waals surface area (Å²) in [7, 11) is 0. The first kappa shape index (κ1) is 14.5. The van der Waals surface area contributed by atoms with Gasteiger partial charge in [0.2, 0.25) is 0 Å². The SMILES string of the molecule is Cc1nc2ccccn2c1CNC1CCN(C(C)C)CC1. The predicted octanol–water partition coefficient (Wildman–Crippen LogP) is 2.61. The van der Waals surface area contributed by atoms with Crippen LogP contribution in [-0.2, 0) is 6.54 Å². The molecule has 0 amide bonds.